The van der Waals surface area contributed by atoms with Gasteiger partial charge < -0.3 is 15.4 Å². The fourth-order valence-electron chi connectivity index (χ4n) is 2.77. The Kier molecular flexibility index (Phi) is 7.90. The average Bonchev–Trinajstić information content (AvgIpc) is 2.77. The van der Waals surface area contributed by atoms with Crippen LogP contribution >= 0.6 is 11.6 Å². The zero-order valence-corrected chi connectivity index (χ0v) is 17.2. The van der Waals surface area contributed by atoms with Crippen molar-refractivity contribution < 1.29 is 4.74 Å². The Hall–Kier alpha value is -3.05. The van der Waals surface area contributed by atoms with Crippen LogP contribution < -0.4 is 15.4 Å². The highest BCUT2D eigenvalue weighted by atomic mass is 35.5. The molecule has 0 aliphatic rings. The van der Waals surface area contributed by atoms with E-state index >= 15 is 0 Å². The molecule has 3 aromatic rings. The molecule has 2 N–H and O–H groups in total. The number of halogens is 1. The highest BCUT2D eigenvalue weighted by Crippen LogP contribution is 2.15. The standard InChI is InChI=1S/C23H25ClN4O/c1-25-23(27-15-13-19-6-2-3-8-22(19)24)28-16-18-9-11-21(12-10-18)29-17-20-7-4-5-14-26-20/h2-12,14H,13,15-17H2,1H3,(H2,25,27,28). The molecule has 0 unspecified atom stereocenters. The Morgan fingerprint density at radius 1 is 1.00 bits per heavy atom. The first kappa shape index (κ1) is 20.7. The van der Waals surface area contributed by atoms with Gasteiger partial charge in [0, 0.05) is 31.4 Å². The molecular formula is C23H25ClN4O. The summed E-state index contributed by atoms with van der Waals surface area (Å²) >= 11 is 6.20. The lowest BCUT2D eigenvalue weighted by Gasteiger charge is -2.13. The number of aliphatic imine (C=N–C) groups is 1. The third-order valence-electron chi connectivity index (χ3n) is 4.36. The number of aromatic nitrogens is 1. The summed E-state index contributed by atoms with van der Waals surface area (Å²) in [7, 11) is 1.76. The Balaban J connectivity index is 1.41. The zero-order chi connectivity index (χ0) is 20.3. The molecule has 0 atom stereocenters. The van der Waals surface area contributed by atoms with E-state index in [1.807, 2.05) is 66.7 Å². The molecule has 5 nitrogen and oxygen atoms in total. The van der Waals surface area contributed by atoms with E-state index in [1.54, 1.807) is 13.2 Å². The SMILES string of the molecule is CN=C(NCCc1ccccc1Cl)NCc1ccc(OCc2ccccn2)cc1. The number of hydrogen-bond acceptors (Lipinski definition) is 3. The van der Waals surface area contributed by atoms with Crippen LogP contribution in [0.3, 0.4) is 0 Å². The van der Waals surface area contributed by atoms with E-state index in [4.69, 9.17) is 16.3 Å². The average molecular weight is 409 g/mol. The molecule has 1 aromatic heterocycles. The fourth-order valence-corrected chi connectivity index (χ4v) is 3.00. The molecular weight excluding hydrogens is 384 g/mol. The molecule has 29 heavy (non-hydrogen) atoms. The van der Waals surface area contributed by atoms with Gasteiger partial charge in [0.25, 0.3) is 0 Å². The second-order valence-corrected chi connectivity index (χ2v) is 6.85. The number of guanidine groups is 1. The maximum absolute atomic E-state index is 6.20. The van der Waals surface area contributed by atoms with E-state index in [1.165, 1.54) is 0 Å². The normalized spacial score (nSPS) is 11.2. The molecule has 0 saturated carbocycles. The van der Waals surface area contributed by atoms with Crippen molar-refractivity contribution >= 4 is 17.6 Å². The van der Waals surface area contributed by atoms with Crippen LogP contribution in [0.2, 0.25) is 5.02 Å². The number of nitrogens with zero attached hydrogens (tertiary/aromatic N) is 2. The van der Waals surface area contributed by atoms with Crippen LogP contribution in [0.5, 0.6) is 5.75 Å². The maximum Gasteiger partial charge on any atom is 0.191 e. The summed E-state index contributed by atoms with van der Waals surface area (Å²) in [4.78, 5) is 8.52. The molecule has 2 aromatic carbocycles. The van der Waals surface area contributed by atoms with Crippen LogP contribution in [0.4, 0.5) is 0 Å². The number of hydrogen-bond donors (Lipinski definition) is 2. The van der Waals surface area contributed by atoms with Crippen molar-refractivity contribution in [3.8, 4) is 5.75 Å². The van der Waals surface area contributed by atoms with Crippen LogP contribution in [0, 0.1) is 0 Å². The first-order chi connectivity index (χ1) is 14.2. The summed E-state index contributed by atoms with van der Waals surface area (Å²) in [6.45, 7) is 1.89. The Bertz CT molecular complexity index is 914. The van der Waals surface area contributed by atoms with Crippen molar-refractivity contribution in [3.63, 3.8) is 0 Å². The minimum Gasteiger partial charge on any atom is -0.487 e. The minimum absolute atomic E-state index is 0.459. The second kappa shape index (κ2) is 11.1. The Labute approximate surface area is 176 Å². The van der Waals surface area contributed by atoms with Gasteiger partial charge in [0.05, 0.1) is 5.69 Å². The lowest BCUT2D eigenvalue weighted by molar-refractivity contribution is 0.301. The number of rotatable bonds is 8. The molecule has 0 radical (unpaired) electrons. The van der Waals surface area contributed by atoms with Gasteiger partial charge in [-0.25, -0.2) is 0 Å². The van der Waals surface area contributed by atoms with Crippen molar-refractivity contribution in [1.29, 1.82) is 0 Å². The van der Waals surface area contributed by atoms with Gasteiger partial charge in [-0.1, -0.05) is 48.0 Å². The molecule has 0 fully saturated rings. The van der Waals surface area contributed by atoms with E-state index < -0.39 is 0 Å². The summed E-state index contributed by atoms with van der Waals surface area (Å²) in [5, 5.41) is 7.43. The molecule has 0 bridgehead atoms. The predicted molar refractivity (Wildman–Crippen MR) is 118 cm³/mol. The van der Waals surface area contributed by atoms with Crippen LogP contribution in [0.15, 0.2) is 77.9 Å². The number of benzene rings is 2. The maximum atomic E-state index is 6.20. The molecule has 0 spiro atoms. The molecule has 0 saturated heterocycles. The van der Waals surface area contributed by atoms with E-state index in [0.29, 0.717) is 13.2 Å². The molecule has 0 amide bonds. The van der Waals surface area contributed by atoms with E-state index in [2.05, 4.69) is 20.6 Å². The van der Waals surface area contributed by atoms with Gasteiger partial charge in [-0.3, -0.25) is 9.98 Å². The van der Waals surface area contributed by atoms with Crippen LogP contribution in [-0.2, 0) is 19.6 Å². The van der Waals surface area contributed by atoms with Gasteiger partial charge in [-0.15, -0.1) is 0 Å². The Morgan fingerprint density at radius 2 is 1.79 bits per heavy atom. The zero-order valence-electron chi connectivity index (χ0n) is 16.4. The summed E-state index contributed by atoms with van der Waals surface area (Å²) in [5.41, 5.74) is 3.17. The quantitative estimate of drug-likeness (QED) is 0.432. The van der Waals surface area contributed by atoms with E-state index in [0.717, 1.165) is 46.5 Å². The smallest absolute Gasteiger partial charge is 0.191 e. The topological polar surface area (TPSA) is 58.5 Å². The summed E-state index contributed by atoms with van der Waals surface area (Å²) in [6, 6.07) is 21.7. The van der Waals surface area contributed by atoms with Crippen LogP contribution in [0.25, 0.3) is 0 Å². The van der Waals surface area contributed by atoms with Gasteiger partial charge >= 0.3 is 0 Å². The summed E-state index contributed by atoms with van der Waals surface area (Å²) in [5.74, 6) is 1.58. The summed E-state index contributed by atoms with van der Waals surface area (Å²) < 4.78 is 5.77. The molecule has 150 valence electrons. The molecule has 0 aliphatic carbocycles. The highest BCUT2D eigenvalue weighted by Gasteiger charge is 2.02. The minimum atomic E-state index is 0.459. The fraction of sp³-hybridized carbons (Fsp3) is 0.217. The number of ether oxygens (including phenoxy) is 1. The van der Waals surface area contributed by atoms with E-state index in [9.17, 15) is 0 Å². The third kappa shape index (κ3) is 6.80. The monoisotopic (exact) mass is 408 g/mol. The van der Waals surface area contributed by atoms with Gasteiger partial charge in [0.2, 0.25) is 0 Å². The predicted octanol–water partition coefficient (Wildman–Crippen LogP) is 4.22. The first-order valence-corrected chi connectivity index (χ1v) is 9.92. The lowest BCUT2D eigenvalue weighted by Crippen LogP contribution is -2.37. The van der Waals surface area contributed by atoms with Crippen molar-refractivity contribution in [1.82, 2.24) is 15.6 Å². The number of nitrogens with one attached hydrogen (secondary N) is 2. The number of pyridine rings is 1. The molecule has 6 heteroatoms. The van der Waals surface area contributed by atoms with Gasteiger partial charge in [0.1, 0.15) is 12.4 Å². The van der Waals surface area contributed by atoms with Gasteiger partial charge in [-0.05, 0) is 47.9 Å². The van der Waals surface area contributed by atoms with Crippen molar-refractivity contribution in [3.05, 3.63) is 94.8 Å². The lowest BCUT2D eigenvalue weighted by atomic mass is 10.1. The summed E-state index contributed by atoms with van der Waals surface area (Å²) in [6.07, 6.45) is 2.60. The van der Waals surface area contributed by atoms with Crippen molar-refractivity contribution in [2.45, 2.75) is 19.6 Å². The first-order valence-electron chi connectivity index (χ1n) is 9.54. The third-order valence-corrected chi connectivity index (χ3v) is 4.73. The highest BCUT2D eigenvalue weighted by molar-refractivity contribution is 6.31. The van der Waals surface area contributed by atoms with Crippen molar-refractivity contribution in [2.75, 3.05) is 13.6 Å². The van der Waals surface area contributed by atoms with Crippen LogP contribution in [-0.4, -0.2) is 24.5 Å². The molecule has 0 aliphatic heterocycles. The van der Waals surface area contributed by atoms with Gasteiger partial charge in [-0.2, -0.15) is 0 Å². The van der Waals surface area contributed by atoms with Crippen molar-refractivity contribution in [2.24, 2.45) is 4.99 Å². The van der Waals surface area contributed by atoms with Gasteiger partial charge in [0.15, 0.2) is 5.96 Å². The molecule has 3 rings (SSSR count). The van der Waals surface area contributed by atoms with E-state index in [-0.39, 0.29) is 0 Å². The largest absolute Gasteiger partial charge is 0.487 e. The van der Waals surface area contributed by atoms with Crippen LogP contribution in [0.1, 0.15) is 16.8 Å². The Morgan fingerprint density at radius 3 is 2.52 bits per heavy atom. The molecule has 1 heterocycles. The second-order valence-electron chi connectivity index (χ2n) is 6.45.